The standard InChI is InChI=1S/C15H22N2O3/c1-3-4-13(16)15(20)17(10-9-14(18)19)12-7-5-11(2)6-8-12/h5-8,13H,3-4,9-10,16H2,1-2H3,(H,18,19). The van der Waals surface area contributed by atoms with Gasteiger partial charge in [0.25, 0.3) is 0 Å². The average molecular weight is 278 g/mol. The van der Waals surface area contributed by atoms with Crippen LogP contribution in [0.15, 0.2) is 24.3 Å². The van der Waals surface area contributed by atoms with E-state index >= 15 is 0 Å². The SMILES string of the molecule is CCCC(N)C(=O)N(CCC(=O)O)c1ccc(C)cc1. The van der Waals surface area contributed by atoms with Gasteiger partial charge in [-0.1, -0.05) is 31.0 Å². The van der Waals surface area contributed by atoms with Gasteiger partial charge < -0.3 is 15.7 Å². The van der Waals surface area contributed by atoms with Crippen molar-refractivity contribution in [1.29, 1.82) is 0 Å². The molecule has 0 saturated carbocycles. The summed E-state index contributed by atoms with van der Waals surface area (Å²) in [7, 11) is 0. The third-order valence-electron chi connectivity index (χ3n) is 3.08. The molecule has 1 atom stereocenters. The molecule has 0 fully saturated rings. The van der Waals surface area contributed by atoms with Crippen LogP contribution in [-0.4, -0.2) is 29.6 Å². The first-order chi connectivity index (χ1) is 9.45. The maximum absolute atomic E-state index is 12.3. The Morgan fingerprint density at radius 3 is 2.40 bits per heavy atom. The smallest absolute Gasteiger partial charge is 0.305 e. The Bertz CT molecular complexity index is 457. The van der Waals surface area contributed by atoms with Gasteiger partial charge in [-0.2, -0.15) is 0 Å². The third kappa shape index (κ3) is 4.66. The Labute approximate surface area is 119 Å². The summed E-state index contributed by atoms with van der Waals surface area (Å²) in [6.45, 7) is 4.05. The van der Waals surface area contributed by atoms with Crippen LogP contribution in [0.2, 0.25) is 0 Å². The normalized spacial score (nSPS) is 11.9. The van der Waals surface area contributed by atoms with Crippen molar-refractivity contribution in [2.75, 3.05) is 11.4 Å². The van der Waals surface area contributed by atoms with Crippen molar-refractivity contribution in [3.8, 4) is 0 Å². The summed E-state index contributed by atoms with van der Waals surface area (Å²) in [5, 5.41) is 8.81. The van der Waals surface area contributed by atoms with Gasteiger partial charge in [0.15, 0.2) is 0 Å². The van der Waals surface area contributed by atoms with Gasteiger partial charge in [-0.25, -0.2) is 0 Å². The molecule has 3 N–H and O–H groups in total. The number of aliphatic carboxylic acids is 1. The first-order valence-corrected chi connectivity index (χ1v) is 6.81. The van der Waals surface area contributed by atoms with Crippen molar-refractivity contribution in [3.63, 3.8) is 0 Å². The van der Waals surface area contributed by atoms with Gasteiger partial charge in [0, 0.05) is 12.2 Å². The molecule has 1 rings (SSSR count). The highest BCUT2D eigenvalue weighted by molar-refractivity contribution is 5.97. The van der Waals surface area contributed by atoms with Crippen LogP contribution in [0.3, 0.4) is 0 Å². The van der Waals surface area contributed by atoms with Crippen LogP contribution in [0.1, 0.15) is 31.7 Å². The van der Waals surface area contributed by atoms with E-state index in [0.29, 0.717) is 12.1 Å². The second kappa shape index (κ2) is 7.65. The van der Waals surface area contributed by atoms with E-state index in [1.54, 1.807) is 0 Å². The minimum absolute atomic E-state index is 0.0987. The highest BCUT2D eigenvalue weighted by Gasteiger charge is 2.22. The molecule has 1 amide bonds. The summed E-state index contributed by atoms with van der Waals surface area (Å²) in [6.07, 6.45) is 1.31. The zero-order valence-electron chi connectivity index (χ0n) is 12.0. The maximum Gasteiger partial charge on any atom is 0.305 e. The zero-order chi connectivity index (χ0) is 15.1. The van der Waals surface area contributed by atoms with Crippen LogP contribution < -0.4 is 10.6 Å². The minimum Gasteiger partial charge on any atom is -0.481 e. The van der Waals surface area contributed by atoms with E-state index < -0.39 is 12.0 Å². The summed E-state index contributed by atoms with van der Waals surface area (Å²) in [5.74, 6) is -1.16. The molecule has 0 heterocycles. The highest BCUT2D eigenvalue weighted by Crippen LogP contribution is 2.17. The number of carboxylic acids is 1. The molecule has 0 aromatic heterocycles. The Kier molecular flexibility index (Phi) is 6.18. The molecule has 5 nitrogen and oxygen atoms in total. The van der Waals surface area contributed by atoms with Crippen LogP contribution in [0, 0.1) is 6.92 Å². The highest BCUT2D eigenvalue weighted by atomic mass is 16.4. The van der Waals surface area contributed by atoms with Crippen molar-refractivity contribution >= 4 is 17.6 Å². The molecule has 5 heteroatoms. The van der Waals surface area contributed by atoms with E-state index in [1.165, 1.54) is 4.90 Å². The molecule has 0 aliphatic heterocycles. The van der Waals surface area contributed by atoms with Crippen molar-refractivity contribution in [1.82, 2.24) is 0 Å². The molecule has 1 aromatic carbocycles. The summed E-state index contributed by atoms with van der Waals surface area (Å²) < 4.78 is 0. The summed E-state index contributed by atoms with van der Waals surface area (Å²) in [5.41, 5.74) is 7.63. The van der Waals surface area contributed by atoms with Gasteiger partial charge in [0.2, 0.25) is 5.91 Å². The second-order valence-corrected chi connectivity index (χ2v) is 4.86. The third-order valence-corrected chi connectivity index (χ3v) is 3.08. The molecule has 0 aliphatic rings. The number of anilines is 1. The Balaban J connectivity index is 2.92. The lowest BCUT2D eigenvalue weighted by Gasteiger charge is -2.25. The van der Waals surface area contributed by atoms with Crippen molar-refractivity contribution < 1.29 is 14.7 Å². The number of aryl methyl sites for hydroxylation is 1. The molecule has 0 saturated heterocycles. The van der Waals surface area contributed by atoms with Crippen LogP contribution in [0.5, 0.6) is 0 Å². The number of hydrogen-bond donors (Lipinski definition) is 2. The lowest BCUT2D eigenvalue weighted by atomic mass is 10.1. The number of carboxylic acid groups (broad SMARTS) is 1. The molecule has 0 spiro atoms. The number of benzene rings is 1. The Morgan fingerprint density at radius 2 is 1.90 bits per heavy atom. The van der Waals surface area contributed by atoms with E-state index in [0.717, 1.165) is 12.0 Å². The van der Waals surface area contributed by atoms with Gasteiger partial charge in [0.05, 0.1) is 12.5 Å². The Hall–Kier alpha value is -1.88. The topological polar surface area (TPSA) is 83.6 Å². The fraction of sp³-hybridized carbons (Fsp3) is 0.467. The number of carbonyl (C=O) groups is 2. The molecular formula is C15H22N2O3. The maximum atomic E-state index is 12.3. The van der Waals surface area contributed by atoms with E-state index in [-0.39, 0.29) is 18.9 Å². The first-order valence-electron chi connectivity index (χ1n) is 6.81. The molecule has 110 valence electrons. The summed E-state index contributed by atoms with van der Waals surface area (Å²) >= 11 is 0. The molecule has 0 aliphatic carbocycles. The molecule has 20 heavy (non-hydrogen) atoms. The molecule has 1 unspecified atom stereocenters. The average Bonchev–Trinajstić information content (AvgIpc) is 2.40. The lowest BCUT2D eigenvalue weighted by molar-refractivity contribution is -0.136. The summed E-state index contributed by atoms with van der Waals surface area (Å²) in [4.78, 5) is 24.5. The fourth-order valence-electron chi connectivity index (χ4n) is 1.93. The number of rotatable bonds is 7. The number of nitrogens with two attached hydrogens (primary N) is 1. The van der Waals surface area contributed by atoms with E-state index in [9.17, 15) is 9.59 Å². The van der Waals surface area contributed by atoms with Gasteiger partial charge in [-0.3, -0.25) is 9.59 Å². The van der Waals surface area contributed by atoms with E-state index in [1.807, 2.05) is 38.1 Å². The molecule has 0 radical (unpaired) electrons. The van der Waals surface area contributed by atoms with Crippen LogP contribution >= 0.6 is 0 Å². The number of carbonyl (C=O) groups excluding carboxylic acids is 1. The van der Waals surface area contributed by atoms with Gasteiger partial charge in [-0.05, 0) is 25.5 Å². The molecular weight excluding hydrogens is 256 g/mol. The van der Waals surface area contributed by atoms with Gasteiger partial charge >= 0.3 is 5.97 Å². The lowest BCUT2D eigenvalue weighted by Crippen LogP contribution is -2.44. The van der Waals surface area contributed by atoms with Crippen LogP contribution in [0.25, 0.3) is 0 Å². The zero-order valence-corrected chi connectivity index (χ0v) is 12.0. The fourth-order valence-corrected chi connectivity index (χ4v) is 1.93. The van der Waals surface area contributed by atoms with Crippen molar-refractivity contribution in [2.24, 2.45) is 5.73 Å². The van der Waals surface area contributed by atoms with Crippen LogP contribution in [0.4, 0.5) is 5.69 Å². The van der Waals surface area contributed by atoms with Gasteiger partial charge in [0.1, 0.15) is 0 Å². The predicted molar refractivity (Wildman–Crippen MR) is 78.7 cm³/mol. The second-order valence-electron chi connectivity index (χ2n) is 4.86. The quantitative estimate of drug-likeness (QED) is 0.798. The molecule has 1 aromatic rings. The Morgan fingerprint density at radius 1 is 1.30 bits per heavy atom. The first kappa shape index (κ1) is 16.2. The monoisotopic (exact) mass is 278 g/mol. The molecule has 0 bridgehead atoms. The van der Waals surface area contributed by atoms with Gasteiger partial charge in [-0.15, -0.1) is 0 Å². The largest absolute Gasteiger partial charge is 0.481 e. The minimum atomic E-state index is -0.932. The van der Waals surface area contributed by atoms with Crippen molar-refractivity contribution in [2.45, 2.75) is 39.2 Å². The number of amides is 1. The van der Waals surface area contributed by atoms with Crippen LogP contribution in [-0.2, 0) is 9.59 Å². The van der Waals surface area contributed by atoms with E-state index in [2.05, 4.69) is 0 Å². The van der Waals surface area contributed by atoms with E-state index in [4.69, 9.17) is 10.8 Å². The number of hydrogen-bond acceptors (Lipinski definition) is 3. The number of nitrogens with zero attached hydrogens (tertiary/aromatic N) is 1. The predicted octanol–water partition coefficient (Wildman–Crippen LogP) is 1.93. The summed E-state index contributed by atoms with van der Waals surface area (Å²) in [6, 6.07) is 6.82. The van der Waals surface area contributed by atoms with Crippen molar-refractivity contribution in [3.05, 3.63) is 29.8 Å².